The second kappa shape index (κ2) is 3.94. The fraction of sp³-hybridized carbons (Fsp3) is 0. The molecule has 1 amide bonds. The number of amides is 1. The molecular weight excluding hydrogens is 180 g/mol. The number of carbonyl (C=O) groups excluding carboxylic acids is 1. The molecule has 0 aromatic heterocycles. The molecule has 1 aromatic carbocycles. The standard InChI is InChI=1S/C7H7ClN2O2/c8-5-1-3-6(4-2-5)10-7(11)12-9/h1-4H,9H2,(H,10,11). The maximum Gasteiger partial charge on any atom is 0.430 e. The molecule has 1 rings (SSSR count). The molecule has 12 heavy (non-hydrogen) atoms. The van der Waals surface area contributed by atoms with E-state index in [0.717, 1.165) is 0 Å². The average molecular weight is 187 g/mol. The molecule has 0 atom stereocenters. The highest BCUT2D eigenvalue weighted by atomic mass is 35.5. The Morgan fingerprint density at radius 2 is 2.00 bits per heavy atom. The number of nitrogens with two attached hydrogens (primary N) is 1. The van der Waals surface area contributed by atoms with Crippen LogP contribution in [-0.2, 0) is 4.84 Å². The third kappa shape index (κ3) is 2.41. The Morgan fingerprint density at radius 1 is 1.42 bits per heavy atom. The molecule has 0 unspecified atom stereocenters. The van der Waals surface area contributed by atoms with Gasteiger partial charge in [0.25, 0.3) is 0 Å². The first-order chi connectivity index (χ1) is 5.72. The normalized spacial score (nSPS) is 9.17. The molecule has 5 heteroatoms. The predicted molar refractivity (Wildman–Crippen MR) is 45.7 cm³/mol. The lowest BCUT2D eigenvalue weighted by Gasteiger charge is -2.01. The van der Waals surface area contributed by atoms with E-state index in [1.807, 2.05) is 0 Å². The van der Waals surface area contributed by atoms with Gasteiger partial charge in [-0.25, -0.2) is 4.79 Å². The lowest BCUT2D eigenvalue weighted by atomic mass is 10.3. The number of rotatable bonds is 1. The van der Waals surface area contributed by atoms with Crippen molar-refractivity contribution < 1.29 is 9.63 Å². The monoisotopic (exact) mass is 186 g/mol. The molecule has 64 valence electrons. The Balaban J connectivity index is 2.64. The van der Waals surface area contributed by atoms with E-state index < -0.39 is 6.09 Å². The quantitative estimate of drug-likeness (QED) is 0.657. The number of hydrogen-bond donors (Lipinski definition) is 2. The van der Waals surface area contributed by atoms with Gasteiger partial charge in [0.1, 0.15) is 0 Å². The third-order valence-electron chi connectivity index (χ3n) is 1.20. The molecule has 1 aromatic rings. The fourth-order valence-electron chi connectivity index (χ4n) is 0.681. The van der Waals surface area contributed by atoms with Crippen LogP contribution in [0.1, 0.15) is 0 Å². The summed E-state index contributed by atoms with van der Waals surface area (Å²) in [6, 6.07) is 6.57. The SMILES string of the molecule is NOC(=O)Nc1ccc(Cl)cc1. The topological polar surface area (TPSA) is 64.3 Å². The van der Waals surface area contributed by atoms with Crippen molar-refractivity contribution in [2.75, 3.05) is 5.32 Å². The number of hydrogen-bond acceptors (Lipinski definition) is 3. The Bertz CT molecular complexity index is 273. The van der Waals surface area contributed by atoms with Gasteiger partial charge >= 0.3 is 6.09 Å². The van der Waals surface area contributed by atoms with E-state index in [9.17, 15) is 4.79 Å². The van der Waals surface area contributed by atoms with E-state index in [0.29, 0.717) is 10.7 Å². The number of nitrogens with one attached hydrogen (secondary N) is 1. The van der Waals surface area contributed by atoms with Crippen molar-refractivity contribution in [2.24, 2.45) is 5.90 Å². The molecule has 0 aliphatic carbocycles. The van der Waals surface area contributed by atoms with Gasteiger partial charge in [0.2, 0.25) is 0 Å². The van der Waals surface area contributed by atoms with Crippen molar-refractivity contribution in [3.63, 3.8) is 0 Å². The summed E-state index contributed by atoms with van der Waals surface area (Å²) in [5.41, 5.74) is 0.579. The van der Waals surface area contributed by atoms with E-state index in [2.05, 4.69) is 16.1 Å². The largest absolute Gasteiger partial charge is 0.430 e. The molecule has 0 saturated heterocycles. The van der Waals surface area contributed by atoms with Crippen molar-refractivity contribution in [1.29, 1.82) is 0 Å². The van der Waals surface area contributed by atoms with Crippen molar-refractivity contribution in [2.45, 2.75) is 0 Å². The summed E-state index contributed by atoms with van der Waals surface area (Å²) in [7, 11) is 0. The van der Waals surface area contributed by atoms with Crippen LogP contribution >= 0.6 is 11.6 Å². The fourth-order valence-corrected chi connectivity index (χ4v) is 0.807. The number of benzene rings is 1. The average Bonchev–Trinajstić information content (AvgIpc) is 2.09. The maximum atomic E-state index is 10.6. The second-order valence-electron chi connectivity index (χ2n) is 2.04. The van der Waals surface area contributed by atoms with Gasteiger partial charge in [0, 0.05) is 10.7 Å². The van der Waals surface area contributed by atoms with Crippen LogP contribution in [0.25, 0.3) is 0 Å². The van der Waals surface area contributed by atoms with Crippen LogP contribution in [-0.4, -0.2) is 6.09 Å². The van der Waals surface area contributed by atoms with E-state index in [4.69, 9.17) is 11.6 Å². The zero-order valence-electron chi connectivity index (χ0n) is 6.08. The minimum Gasteiger partial charge on any atom is -0.357 e. The Labute approximate surface area is 74.2 Å². The lowest BCUT2D eigenvalue weighted by molar-refractivity contribution is 0.163. The highest BCUT2D eigenvalue weighted by Crippen LogP contribution is 2.13. The molecule has 4 nitrogen and oxygen atoms in total. The maximum absolute atomic E-state index is 10.6. The molecule has 0 aliphatic heterocycles. The minimum atomic E-state index is -0.711. The Hall–Kier alpha value is -1.26. The van der Waals surface area contributed by atoms with Crippen LogP contribution in [0.2, 0.25) is 5.02 Å². The van der Waals surface area contributed by atoms with E-state index in [1.165, 1.54) is 0 Å². The summed E-state index contributed by atoms with van der Waals surface area (Å²) in [5, 5.41) is 2.97. The van der Waals surface area contributed by atoms with E-state index in [1.54, 1.807) is 24.3 Å². The van der Waals surface area contributed by atoms with Gasteiger partial charge in [0.05, 0.1) is 0 Å². The van der Waals surface area contributed by atoms with Gasteiger partial charge in [-0.3, -0.25) is 5.32 Å². The Morgan fingerprint density at radius 3 is 2.50 bits per heavy atom. The highest BCUT2D eigenvalue weighted by molar-refractivity contribution is 6.30. The molecule has 0 fully saturated rings. The third-order valence-corrected chi connectivity index (χ3v) is 1.45. The van der Waals surface area contributed by atoms with Crippen molar-refractivity contribution in [1.82, 2.24) is 0 Å². The van der Waals surface area contributed by atoms with Crippen molar-refractivity contribution in [3.05, 3.63) is 29.3 Å². The first kappa shape index (κ1) is 8.83. The summed E-state index contributed by atoms with van der Waals surface area (Å²) in [5.74, 6) is 4.61. The molecule has 0 radical (unpaired) electrons. The first-order valence-corrected chi connectivity index (χ1v) is 3.53. The number of anilines is 1. The molecule has 0 heterocycles. The van der Waals surface area contributed by atoms with Crippen LogP contribution in [0, 0.1) is 0 Å². The molecule has 0 aliphatic rings. The summed E-state index contributed by atoms with van der Waals surface area (Å²) in [6.45, 7) is 0. The van der Waals surface area contributed by atoms with Crippen LogP contribution < -0.4 is 11.2 Å². The Kier molecular flexibility index (Phi) is 2.90. The van der Waals surface area contributed by atoms with Gasteiger partial charge in [-0.1, -0.05) is 11.6 Å². The summed E-state index contributed by atoms with van der Waals surface area (Å²) >= 11 is 5.61. The van der Waals surface area contributed by atoms with E-state index in [-0.39, 0.29) is 0 Å². The molecule has 0 saturated carbocycles. The molecular formula is C7H7ClN2O2. The van der Waals surface area contributed by atoms with Gasteiger partial charge in [-0.15, -0.1) is 0 Å². The van der Waals surface area contributed by atoms with Crippen molar-refractivity contribution in [3.8, 4) is 0 Å². The van der Waals surface area contributed by atoms with Crippen LogP contribution in [0.15, 0.2) is 24.3 Å². The number of halogens is 1. The van der Waals surface area contributed by atoms with Crippen LogP contribution in [0.5, 0.6) is 0 Å². The highest BCUT2D eigenvalue weighted by Gasteiger charge is 1.99. The van der Waals surface area contributed by atoms with Gasteiger partial charge < -0.3 is 4.84 Å². The summed E-state index contributed by atoms with van der Waals surface area (Å²) < 4.78 is 0. The van der Waals surface area contributed by atoms with Crippen LogP contribution in [0.3, 0.4) is 0 Å². The predicted octanol–water partition coefficient (Wildman–Crippen LogP) is 1.76. The lowest BCUT2D eigenvalue weighted by Crippen LogP contribution is -2.17. The van der Waals surface area contributed by atoms with Gasteiger partial charge in [0.15, 0.2) is 0 Å². The summed E-state index contributed by atoms with van der Waals surface area (Å²) in [4.78, 5) is 14.5. The zero-order chi connectivity index (χ0) is 8.97. The molecule has 3 N–H and O–H groups in total. The minimum absolute atomic E-state index is 0.579. The van der Waals surface area contributed by atoms with Gasteiger partial charge in [-0.2, -0.15) is 5.90 Å². The van der Waals surface area contributed by atoms with E-state index >= 15 is 0 Å². The second-order valence-corrected chi connectivity index (χ2v) is 2.47. The van der Waals surface area contributed by atoms with Crippen molar-refractivity contribution >= 4 is 23.4 Å². The van der Waals surface area contributed by atoms with Crippen LogP contribution in [0.4, 0.5) is 10.5 Å². The molecule has 0 spiro atoms. The number of carbonyl (C=O) groups is 1. The van der Waals surface area contributed by atoms with Gasteiger partial charge in [-0.05, 0) is 24.3 Å². The molecule has 0 bridgehead atoms. The zero-order valence-corrected chi connectivity index (χ0v) is 6.84. The first-order valence-electron chi connectivity index (χ1n) is 3.15. The smallest absolute Gasteiger partial charge is 0.357 e. The summed E-state index contributed by atoms with van der Waals surface area (Å²) in [6.07, 6.45) is -0.711.